The van der Waals surface area contributed by atoms with Crippen LogP contribution in [0, 0.1) is 10.8 Å². The van der Waals surface area contributed by atoms with Gasteiger partial charge in [0.2, 0.25) is 0 Å². The number of piperidine rings is 1. The molecule has 3 atom stereocenters. The maximum Gasteiger partial charge on any atom is 0.401 e. The Hall–Kier alpha value is -0.290. The van der Waals surface area contributed by atoms with E-state index in [1.165, 1.54) is 0 Å². The van der Waals surface area contributed by atoms with Crippen molar-refractivity contribution in [3.8, 4) is 0 Å². The quantitative estimate of drug-likeness (QED) is 0.853. The second-order valence-electron chi connectivity index (χ2n) is 8.97. The Balaban J connectivity index is 2.06. The normalized spacial score (nSPS) is 34.1. The molecule has 0 bridgehead atoms. The molecule has 1 heterocycles. The minimum Gasteiger partial charge on any atom is -0.308 e. The number of rotatable bonds is 3. The van der Waals surface area contributed by atoms with Gasteiger partial charge in [0, 0.05) is 29.6 Å². The molecule has 2 nitrogen and oxygen atoms in total. The summed E-state index contributed by atoms with van der Waals surface area (Å²) in [5, 5.41) is 2.64. The molecule has 2 rings (SSSR count). The van der Waals surface area contributed by atoms with E-state index in [9.17, 15) is 13.2 Å². The molecule has 2 fully saturated rings. The topological polar surface area (TPSA) is 15.3 Å². The highest BCUT2D eigenvalue weighted by molar-refractivity contribution is 5.21. The molecule has 21 heavy (non-hydrogen) atoms. The van der Waals surface area contributed by atoms with Gasteiger partial charge in [0.15, 0.2) is 0 Å². The fraction of sp³-hybridized carbons (Fsp3) is 1.00. The van der Waals surface area contributed by atoms with Crippen molar-refractivity contribution in [2.75, 3.05) is 13.1 Å². The largest absolute Gasteiger partial charge is 0.401 e. The lowest BCUT2D eigenvalue weighted by atomic mass is 9.80. The molecule has 2 aliphatic rings. The van der Waals surface area contributed by atoms with Crippen LogP contribution in [0.4, 0.5) is 13.2 Å². The van der Waals surface area contributed by atoms with E-state index in [-0.39, 0.29) is 16.4 Å². The molecular formula is C16H29F3N2. The van der Waals surface area contributed by atoms with Gasteiger partial charge in [-0.25, -0.2) is 0 Å². The molecule has 1 saturated carbocycles. The number of fused-ring (bicyclic) bond motifs is 1. The summed E-state index contributed by atoms with van der Waals surface area (Å²) in [6.07, 6.45) is -2.09. The molecule has 1 unspecified atom stereocenters. The van der Waals surface area contributed by atoms with Crippen LogP contribution in [0.2, 0.25) is 0 Å². The molecule has 124 valence electrons. The summed E-state index contributed by atoms with van der Waals surface area (Å²) >= 11 is 0. The van der Waals surface area contributed by atoms with Gasteiger partial charge in [-0.1, -0.05) is 20.8 Å². The highest BCUT2D eigenvalue weighted by Crippen LogP contribution is 2.63. The summed E-state index contributed by atoms with van der Waals surface area (Å²) in [7, 11) is 0. The molecular weight excluding hydrogens is 277 g/mol. The zero-order valence-corrected chi connectivity index (χ0v) is 14.1. The van der Waals surface area contributed by atoms with Gasteiger partial charge in [0.1, 0.15) is 0 Å². The first-order valence-corrected chi connectivity index (χ1v) is 7.82. The van der Waals surface area contributed by atoms with Gasteiger partial charge >= 0.3 is 6.18 Å². The molecule has 0 radical (unpaired) electrons. The van der Waals surface area contributed by atoms with Crippen molar-refractivity contribution >= 4 is 0 Å². The van der Waals surface area contributed by atoms with Crippen molar-refractivity contribution < 1.29 is 13.2 Å². The molecule has 5 heteroatoms. The summed E-state index contributed by atoms with van der Waals surface area (Å²) in [4.78, 5) is 2.56. The lowest BCUT2D eigenvalue weighted by molar-refractivity contribution is -0.125. The average molecular weight is 306 g/mol. The van der Waals surface area contributed by atoms with E-state index in [1.807, 2.05) is 0 Å². The third kappa shape index (κ3) is 3.55. The summed E-state index contributed by atoms with van der Waals surface area (Å²) in [5.74, 6) is 0. The third-order valence-electron chi connectivity index (χ3n) is 4.99. The van der Waals surface area contributed by atoms with E-state index in [1.54, 1.807) is 0 Å². The summed E-state index contributed by atoms with van der Waals surface area (Å²) in [6.45, 7) is 12.9. The fourth-order valence-electron chi connectivity index (χ4n) is 4.01. The SMILES string of the molecule is CC(C)(C)[C@@H]1C[C@@]2(CNCC(F)(F)F)CC2N1C(C)(C)C. The van der Waals surface area contributed by atoms with Crippen LogP contribution in [-0.4, -0.2) is 41.8 Å². The third-order valence-corrected chi connectivity index (χ3v) is 4.99. The second kappa shape index (κ2) is 4.85. The van der Waals surface area contributed by atoms with Crippen molar-refractivity contribution in [2.24, 2.45) is 10.8 Å². The average Bonchev–Trinajstić information content (AvgIpc) is 2.77. The van der Waals surface area contributed by atoms with Gasteiger partial charge in [-0.3, -0.25) is 4.90 Å². The number of nitrogens with one attached hydrogen (secondary N) is 1. The Kier molecular flexibility index (Phi) is 3.94. The van der Waals surface area contributed by atoms with Crippen LogP contribution < -0.4 is 5.32 Å². The van der Waals surface area contributed by atoms with Crippen LogP contribution >= 0.6 is 0 Å². The Bertz CT molecular complexity index is 392. The highest BCUT2D eigenvalue weighted by atomic mass is 19.4. The minimum absolute atomic E-state index is 0.0521. The van der Waals surface area contributed by atoms with E-state index >= 15 is 0 Å². The molecule has 0 aromatic carbocycles. The Morgan fingerprint density at radius 3 is 2.00 bits per heavy atom. The number of hydrogen-bond donors (Lipinski definition) is 1. The Morgan fingerprint density at radius 2 is 1.62 bits per heavy atom. The maximum absolute atomic E-state index is 12.3. The van der Waals surface area contributed by atoms with Crippen LogP contribution in [0.5, 0.6) is 0 Å². The van der Waals surface area contributed by atoms with Gasteiger partial charge in [0.05, 0.1) is 6.54 Å². The van der Waals surface area contributed by atoms with Gasteiger partial charge < -0.3 is 5.32 Å². The number of halogens is 3. The first-order chi connectivity index (χ1) is 9.26. The minimum atomic E-state index is -4.12. The van der Waals surface area contributed by atoms with Crippen molar-refractivity contribution in [3.05, 3.63) is 0 Å². The number of hydrogen-bond acceptors (Lipinski definition) is 2. The monoisotopic (exact) mass is 306 g/mol. The van der Waals surface area contributed by atoms with Crippen molar-refractivity contribution in [1.29, 1.82) is 0 Å². The molecule has 0 amide bonds. The van der Waals surface area contributed by atoms with E-state index in [2.05, 4.69) is 51.8 Å². The number of nitrogens with zero attached hydrogens (tertiary/aromatic N) is 1. The van der Waals surface area contributed by atoms with E-state index in [0.717, 1.165) is 12.8 Å². The van der Waals surface area contributed by atoms with Gasteiger partial charge in [-0.2, -0.15) is 13.2 Å². The summed E-state index contributed by atoms with van der Waals surface area (Å²) < 4.78 is 37.0. The second-order valence-corrected chi connectivity index (χ2v) is 8.97. The van der Waals surface area contributed by atoms with Crippen LogP contribution in [-0.2, 0) is 0 Å². The number of alkyl halides is 3. The zero-order chi connectivity index (χ0) is 16.3. The molecule has 1 N–H and O–H groups in total. The summed E-state index contributed by atoms with van der Waals surface area (Å²) in [5.41, 5.74) is 0.263. The standard InChI is InChI=1S/C16H29F3N2/c1-13(2,3)11-7-15(9-20-10-16(17,18)19)8-12(15)21(11)14(4,5)6/h11-12,20H,7-10H2,1-6H3/t11-,12?,15-/m0/s1. The van der Waals surface area contributed by atoms with Crippen LogP contribution in [0.15, 0.2) is 0 Å². The van der Waals surface area contributed by atoms with Gasteiger partial charge in [-0.05, 0) is 39.0 Å². The molecule has 0 aromatic rings. The van der Waals surface area contributed by atoms with Crippen LogP contribution in [0.25, 0.3) is 0 Å². The molecule has 1 saturated heterocycles. The lowest BCUT2D eigenvalue weighted by Crippen LogP contribution is -2.51. The zero-order valence-electron chi connectivity index (χ0n) is 14.1. The van der Waals surface area contributed by atoms with Crippen LogP contribution in [0.1, 0.15) is 54.4 Å². The van der Waals surface area contributed by atoms with Crippen molar-refractivity contribution in [3.63, 3.8) is 0 Å². The molecule has 0 aromatic heterocycles. The van der Waals surface area contributed by atoms with E-state index in [0.29, 0.717) is 18.6 Å². The predicted molar refractivity (Wildman–Crippen MR) is 79.2 cm³/mol. The lowest BCUT2D eigenvalue weighted by Gasteiger charge is -2.45. The van der Waals surface area contributed by atoms with Crippen molar-refractivity contribution in [1.82, 2.24) is 10.2 Å². The van der Waals surface area contributed by atoms with Gasteiger partial charge in [0.25, 0.3) is 0 Å². The van der Waals surface area contributed by atoms with E-state index < -0.39 is 12.7 Å². The summed E-state index contributed by atoms with van der Waals surface area (Å²) in [6, 6.07) is 0.867. The molecule has 1 aliphatic carbocycles. The predicted octanol–water partition coefficient (Wildman–Crippen LogP) is 3.82. The Labute approximate surface area is 126 Å². The first-order valence-electron chi connectivity index (χ1n) is 7.82. The first kappa shape index (κ1) is 17.1. The highest BCUT2D eigenvalue weighted by Gasteiger charge is 2.67. The van der Waals surface area contributed by atoms with Crippen LogP contribution in [0.3, 0.4) is 0 Å². The fourth-order valence-corrected chi connectivity index (χ4v) is 4.01. The Morgan fingerprint density at radius 1 is 1.05 bits per heavy atom. The maximum atomic E-state index is 12.3. The smallest absolute Gasteiger partial charge is 0.308 e. The van der Waals surface area contributed by atoms with Gasteiger partial charge in [-0.15, -0.1) is 0 Å². The van der Waals surface area contributed by atoms with E-state index in [4.69, 9.17) is 0 Å². The van der Waals surface area contributed by atoms with Crippen molar-refractivity contribution in [2.45, 2.75) is 78.2 Å². The molecule has 1 aliphatic heterocycles. The molecule has 0 spiro atoms. The number of likely N-dealkylation sites (tertiary alicyclic amines) is 1.